The van der Waals surface area contributed by atoms with E-state index in [2.05, 4.69) is 15.6 Å². The molecule has 5 nitrogen and oxygen atoms in total. The van der Waals surface area contributed by atoms with Crippen molar-refractivity contribution in [2.45, 2.75) is 13.8 Å². The fourth-order valence-corrected chi connectivity index (χ4v) is 1.88. The van der Waals surface area contributed by atoms with Gasteiger partial charge in [-0.3, -0.25) is 4.79 Å². The number of anilines is 2. The van der Waals surface area contributed by atoms with E-state index in [1.165, 1.54) is 0 Å². The first-order chi connectivity index (χ1) is 10.2. The summed E-state index contributed by atoms with van der Waals surface area (Å²) in [6.07, 6.45) is 0. The fourth-order valence-electron chi connectivity index (χ4n) is 1.88. The first-order valence-corrected chi connectivity index (χ1v) is 6.98. The maximum Gasteiger partial charge on any atom is 0.274 e. The van der Waals surface area contributed by atoms with Gasteiger partial charge in [-0.2, -0.15) is 0 Å². The monoisotopic (exact) mass is 285 g/mol. The molecule has 0 aliphatic carbocycles. The quantitative estimate of drug-likeness (QED) is 0.855. The molecule has 2 rings (SSSR count). The molecule has 0 unspecified atom stereocenters. The van der Waals surface area contributed by atoms with Crippen LogP contribution >= 0.6 is 0 Å². The maximum atomic E-state index is 12.3. The van der Waals surface area contributed by atoms with Gasteiger partial charge in [0, 0.05) is 6.54 Å². The summed E-state index contributed by atoms with van der Waals surface area (Å²) in [6, 6.07) is 12.6. The van der Waals surface area contributed by atoms with E-state index in [0.29, 0.717) is 29.6 Å². The molecule has 0 spiro atoms. The molecule has 0 radical (unpaired) electrons. The van der Waals surface area contributed by atoms with Gasteiger partial charge in [-0.05, 0) is 38.1 Å². The molecule has 1 heterocycles. The van der Waals surface area contributed by atoms with Gasteiger partial charge in [-0.25, -0.2) is 4.98 Å². The van der Waals surface area contributed by atoms with Crippen molar-refractivity contribution in [1.29, 1.82) is 0 Å². The predicted octanol–water partition coefficient (Wildman–Crippen LogP) is 3.16. The van der Waals surface area contributed by atoms with Crippen molar-refractivity contribution >= 4 is 17.4 Å². The highest BCUT2D eigenvalue weighted by Crippen LogP contribution is 2.24. The number of aromatic nitrogens is 1. The topological polar surface area (TPSA) is 63.2 Å². The van der Waals surface area contributed by atoms with E-state index in [0.717, 1.165) is 6.54 Å². The molecule has 0 atom stereocenters. The Balaban J connectivity index is 2.16. The number of ether oxygens (including phenoxy) is 1. The number of amides is 1. The Kier molecular flexibility index (Phi) is 5.15. The minimum absolute atomic E-state index is 0.262. The fraction of sp³-hybridized carbons (Fsp3) is 0.250. The van der Waals surface area contributed by atoms with Crippen molar-refractivity contribution < 1.29 is 9.53 Å². The van der Waals surface area contributed by atoms with Crippen LogP contribution in [-0.2, 0) is 0 Å². The van der Waals surface area contributed by atoms with Crippen LogP contribution in [-0.4, -0.2) is 24.0 Å². The Morgan fingerprint density at radius 1 is 1.14 bits per heavy atom. The Bertz CT molecular complexity index is 614. The second-order valence-corrected chi connectivity index (χ2v) is 4.32. The Morgan fingerprint density at radius 2 is 1.95 bits per heavy atom. The molecule has 0 saturated heterocycles. The molecule has 1 aromatic carbocycles. The van der Waals surface area contributed by atoms with Gasteiger partial charge in [0.25, 0.3) is 5.91 Å². The molecule has 0 fully saturated rings. The van der Waals surface area contributed by atoms with Gasteiger partial charge < -0.3 is 15.4 Å². The van der Waals surface area contributed by atoms with E-state index in [1.54, 1.807) is 18.2 Å². The summed E-state index contributed by atoms with van der Waals surface area (Å²) in [5, 5.41) is 5.91. The van der Waals surface area contributed by atoms with Crippen LogP contribution in [0.4, 0.5) is 11.5 Å². The standard InChI is InChI=1S/C16H19N3O2/c1-3-17-15-11-7-9-13(18-15)16(20)19-12-8-5-6-10-14(12)21-4-2/h5-11H,3-4H2,1-2H3,(H,17,18)(H,19,20). The molecule has 0 saturated carbocycles. The highest BCUT2D eigenvalue weighted by molar-refractivity contribution is 6.03. The zero-order valence-electron chi connectivity index (χ0n) is 12.2. The van der Waals surface area contributed by atoms with Gasteiger partial charge >= 0.3 is 0 Å². The van der Waals surface area contributed by atoms with E-state index < -0.39 is 0 Å². The molecule has 0 aliphatic rings. The molecule has 1 amide bonds. The highest BCUT2D eigenvalue weighted by Gasteiger charge is 2.11. The SMILES string of the molecule is CCNc1cccc(C(=O)Nc2ccccc2OCC)n1. The summed E-state index contributed by atoms with van der Waals surface area (Å²) in [4.78, 5) is 16.5. The zero-order chi connectivity index (χ0) is 15.1. The number of hydrogen-bond donors (Lipinski definition) is 2. The first kappa shape index (κ1) is 14.8. The van der Waals surface area contributed by atoms with Crippen LogP contribution in [0.2, 0.25) is 0 Å². The molecule has 5 heteroatoms. The second kappa shape index (κ2) is 7.28. The van der Waals surface area contributed by atoms with Crippen LogP contribution in [0.1, 0.15) is 24.3 Å². The number of rotatable bonds is 6. The largest absolute Gasteiger partial charge is 0.492 e. The third-order valence-electron chi connectivity index (χ3n) is 2.77. The minimum Gasteiger partial charge on any atom is -0.492 e. The molecule has 1 aromatic heterocycles. The van der Waals surface area contributed by atoms with Gasteiger partial charge in [0.2, 0.25) is 0 Å². The predicted molar refractivity (Wildman–Crippen MR) is 84.0 cm³/mol. The Morgan fingerprint density at radius 3 is 2.71 bits per heavy atom. The third-order valence-corrected chi connectivity index (χ3v) is 2.77. The summed E-state index contributed by atoms with van der Waals surface area (Å²) in [5.74, 6) is 1.07. The van der Waals surface area contributed by atoms with Crippen molar-refractivity contribution in [2.75, 3.05) is 23.8 Å². The summed E-state index contributed by atoms with van der Waals surface area (Å²) >= 11 is 0. The summed E-state index contributed by atoms with van der Waals surface area (Å²) in [6.45, 7) is 5.18. The summed E-state index contributed by atoms with van der Waals surface area (Å²) in [5.41, 5.74) is 1.000. The maximum absolute atomic E-state index is 12.3. The summed E-state index contributed by atoms with van der Waals surface area (Å²) < 4.78 is 5.49. The number of hydrogen-bond acceptors (Lipinski definition) is 4. The molecule has 0 aliphatic heterocycles. The molecule has 2 N–H and O–H groups in total. The van der Waals surface area contributed by atoms with Crippen LogP contribution in [0.3, 0.4) is 0 Å². The van der Waals surface area contributed by atoms with Gasteiger partial charge in [-0.1, -0.05) is 18.2 Å². The van der Waals surface area contributed by atoms with E-state index in [9.17, 15) is 4.79 Å². The van der Waals surface area contributed by atoms with E-state index in [4.69, 9.17) is 4.74 Å². The van der Waals surface area contributed by atoms with Crippen molar-refractivity contribution in [3.63, 3.8) is 0 Å². The lowest BCUT2D eigenvalue weighted by atomic mass is 10.2. The first-order valence-electron chi connectivity index (χ1n) is 6.98. The van der Waals surface area contributed by atoms with Crippen LogP contribution in [0.15, 0.2) is 42.5 Å². The number of para-hydroxylation sites is 2. The number of nitrogens with one attached hydrogen (secondary N) is 2. The molecule has 2 aromatic rings. The molecule has 0 bridgehead atoms. The molecular formula is C16H19N3O2. The molecule has 110 valence electrons. The number of carbonyl (C=O) groups is 1. The van der Waals surface area contributed by atoms with Crippen LogP contribution in [0.25, 0.3) is 0 Å². The molecule has 21 heavy (non-hydrogen) atoms. The second-order valence-electron chi connectivity index (χ2n) is 4.32. The van der Waals surface area contributed by atoms with Gasteiger partial charge in [0.1, 0.15) is 17.3 Å². The van der Waals surface area contributed by atoms with Gasteiger partial charge in [0.15, 0.2) is 0 Å². The normalized spacial score (nSPS) is 10.0. The Hall–Kier alpha value is -2.56. The lowest BCUT2D eigenvalue weighted by Gasteiger charge is -2.11. The van der Waals surface area contributed by atoms with Crippen LogP contribution < -0.4 is 15.4 Å². The molecular weight excluding hydrogens is 266 g/mol. The highest BCUT2D eigenvalue weighted by atomic mass is 16.5. The Labute approximate surface area is 124 Å². The lowest BCUT2D eigenvalue weighted by Crippen LogP contribution is -2.15. The lowest BCUT2D eigenvalue weighted by molar-refractivity contribution is 0.102. The number of carbonyl (C=O) groups excluding carboxylic acids is 1. The minimum atomic E-state index is -0.262. The average Bonchev–Trinajstić information content (AvgIpc) is 2.50. The summed E-state index contributed by atoms with van der Waals surface area (Å²) in [7, 11) is 0. The van der Waals surface area contributed by atoms with E-state index in [1.807, 2.05) is 38.1 Å². The van der Waals surface area contributed by atoms with E-state index >= 15 is 0 Å². The van der Waals surface area contributed by atoms with E-state index in [-0.39, 0.29) is 5.91 Å². The van der Waals surface area contributed by atoms with Crippen molar-refractivity contribution in [2.24, 2.45) is 0 Å². The zero-order valence-corrected chi connectivity index (χ0v) is 12.2. The smallest absolute Gasteiger partial charge is 0.274 e. The van der Waals surface area contributed by atoms with Crippen molar-refractivity contribution in [3.8, 4) is 5.75 Å². The number of pyridine rings is 1. The van der Waals surface area contributed by atoms with Gasteiger partial charge in [0.05, 0.1) is 12.3 Å². The van der Waals surface area contributed by atoms with Crippen LogP contribution in [0.5, 0.6) is 5.75 Å². The average molecular weight is 285 g/mol. The van der Waals surface area contributed by atoms with Crippen LogP contribution in [0, 0.1) is 0 Å². The van der Waals surface area contributed by atoms with Crippen molar-refractivity contribution in [1.82, 2.24) is 4.98 Å². The van der Waals surface area contributed by atoms with Crippen molar-refractivity contribution in [3.05, 3.63) is 48.2 Å². The number of benzene rings is 1. The number of nitrogens with zero attached hydrogens (tertiary/aromatic N) is 1. The van der Waals surface area contributed by atoms with Gasteiger partial charge in [-0.15, -0.1) is 0 Å². The third kappa shape index (κ3) is 3.95.